The molecule has 0 aliphatic rings. The van der Waals surface area contributed by atoms with E-state index in [1.807, 2.05) is 19.1 Å². The molecule has 0 bridgehead atoms. The highest BCUT2D eigenvalue weighted by Crippen LogP contribution is 2.06. The Labute approximate surface area is 78.8 Å². The molecule has 1 heterocycles. The summed E-state index contributed by atoms with van der Waals surface area (Å²) in [5.74, 6) is 0. The first kappa shape index (κ1) is 9.99. The molecule has 1 aromatic heterocycles. The number of hydrogen-bond donors (Lipinski definition) is 2. The van der Waals surface area contributed by atoms with Crippen LogP contribution in [0.2, 0.25) is 0 Å². The van der Waals surface area contributed by atoms with Crippen molar-refractivity contribution in [2.75, 3.05) is 11.9 Å². The number of aromatic nitrogens is 1. The van der Waals surface area contributed by atoms with Crippen LogP contribution in [0.15, 0.2) is 18.3 Å². The van der Waals surface area contributed by atoms with Gasteiger partial charge < -0.3 is 10.4 Å². The van der Waals surface area contributed by atoms with E-state index in [0.717, 1.165) is 24.3 Å². The summed E-state index contributed by atoms with van der Waals surface area (Å²) in [6.07, 6.45) is 2.30. The number of hydrogen-bond acceptors (Lipinski definition) is 3. The quantitative estimate of drug-likeness (QED) is 0.739. The molecule has 0 spiro atoms. The Balaban J connectivity index is 2.37. The van der Waals surface area contributed by atoms with Gasteiger partial charge in [-0.2, -0.15) is 0 Å². The Morgan fingerprint density at radius 3 is 3.00 bits per heavy atom. The van der Waals surface area contributed by atoms with Gasteiger partial charge in [0.05, 0.1) is 6.10 Å². The minimum atomic E-state index is -0.240. The molecule has 3 heteroatoms. The van der Waals surface area contributed by atoms with Gasteiger partial charge in [-0.05, 0) is 32.4 Å². The van der Waals surface area contributed by atoms with Crippen molar-refractivity contribution in [3.8, 4) is 0 Å². The summed E-state index contributed by atoms with van der Waals surface area (Å²) >= 11 is 0. The van der Waals surface area contributed by atoms with E-state index in [4.69, 9.17) is 5.11 Å². The number of pyridine rings is 1. The highest BCUT2D eigenvalue weighted by atomic mass is 16.3. The van der Waals surface area contributed by atoms with Crippen molar-refractivity contribution < 1.29 is 5.11 Å². The van der Waals surface area contributed by atoms with Crippen molar-refractivity contribution in [3.63, 3.8) is 0 Å². The highest BCUT2D eigenvalue weighted by molar-refractivity contribution is 5.42. The second-order valence-electron chi connectivity index (χ2n) is 3.25. The summed E-state index contributed by atoms with van der Waals surface area (Å²) in [4.78, 5) is 4.09. The second kappa shape index (κ2) is 4.82. The predicted molar refractivity (Wildman–Crippen MR) is 53.8 cm³/mol. The van der Waals surface area contributed by atoms with Crippen LogP contribution in [0.4, 0.5) is 5.69 Å². The van der Waals surface area contributed by atoms with Gasteiger partial charge in [0, 0.05) is 24.1 Å². The van der Waals surface area contributed by atoms with Gasteiger partial charge in [0.15, 0.2) is 0 Å². The summed E-state index contributed by atoms with van der Waals surface area (Å²) in [6.45, 7) is 4.54. The Bertz CT molecular complexity index is 261. The summed E-state index contributed by atoms with van der Waals surface area (Å²) < 4.78 is 0. The zero-order valence-electron chi connectivity index (χ0n) is 8.12. The van der Waals surface area contributed by atoms with E-state index in [1.165, 1.54) is 0 Å². The van der Waals surface area contributed by atoms with Gasteiger partial charge in [-0.3, -0.25) is 4.98 Å². The Morgan fingerprint density at radius 2 is 2.38 bits per heavy atom. The van der Waals surface area contributed by atoms with Crippen molar-refractivity contribution in [1.82, 2.24) is 4.98 Å². The van der Waals surface area contributed by atoms with Crippen LogP contribution in [0.25, 0.3) is 0 Å². The molecule has 0 aliphatic carbocycles. The first-order chi connectivity index (χ1) is 6.18. The lowest BCUT2D eigenvalue weighted by Gasteiger charge is -2.07. The van der Waals surface area contributed by atoms with Crippen LogP contribution in [-0.2, 0) is 0 Å². The van der Waals surface area contributed by atoms with Crippen LogP contribution in [0.1, 0.15) is 19.0 Å². The van der Waals surface area contributed by atoms with Gasteiger partial charge in [-0.1, -0.05) is 0 Å². The average Bonchev–Trinajstić information content (AvgIpc) is 2.03. The summed E-state index contributed by atoms with van der Waals surface area (Å²) in [5.41, 5.74) is 2.06. The zero-order chi connectivity index (χ0) is 9.68. The topological polar surface area (TPSA) is 45.1 Å². The van der Waals surface area contributed by atoms with E-state index >= 15 is 0 Å². The van der Waals surface area contributed by atoms with Gasteiger partial charge in [0.25, 0.3) is 0 Å². The van der Waals surface area contributed by atoms with E-state index in [2.05, 4.69) is 10.3 Å². The SMILES string of the molecule is Cc1cc(NCCC(C)O)ccn1. The first-order valence-electron chi connectivity index (χ1n) is 4.53. The number of anilines is 1. The molecule has 2 N–H and O–H groups in total. The molecule has 0 aliphatic heterocycles. The van der Waals surface area contributed by atoms with Crippen LogP contribution in [0.5, 0.6) is 0 Å². The lowest BCUT2D eigenvalue weighted by atomic mass is 10.2. The third kappa shape index (κ3) is 3.90. The molecule has 0 saturated heterocycles. The van der Waals surface area contributed by atoms with Crippen molar-refractivity contribution >= 4 is 5.69 Å². The van der Waals surface area contributed by atoms with Crippen LogP contribution >= 0.6 is 0 Å². The molecule has 0 saturated carbocycles. The van der Waals surface area contributed by atoms with Gasteiger partial charge in [0.1, 0.15) is 0 Å². The van der Waals surface area contributed by atoms with E-state index in [9.17, 15) is 0 Å². The van der Waals surface area contributed by atoms with Gasteiger partial charge in [0.2, 0.25) is 0 Å². The summed E-state index contributed by atoms with van der Waals surface area (Å²) in [5, 5.41) is 12.2. The minimum absolute atomic E-state index is 0.240. The Kier molecular flexibility index (Phi) is 3.71. The molecule has 0 radical (unpaired) electrons. The Hall–Kier alpha value is -1.09. The van der Waals surface area contributed by atoms with Crippen molar-refractivity contribution in [1.29, 1.82) is 0 Å². The molecule has 1 atom stereocenters. The lowest BCUT2D eigenvalue weighted by molar-refractivity contribution is 0.189. The monoisotopic (exact) mass is 180 g/mol. The molecule has 0 amide bonds. The van der Waals surface area contributed by atoms with E-state index in [1.54, 1.807) is 13.1 Å². The van der Waals surface area contributed by atoms with E-state index in [-0.39, 0.29) is 6.10 Å². The Morgan fingerprint density at radius 1 is 1.62 bits per heavy atom. The van der Waals surface area contributed by atoms with Crippen LogP contribution in [0, 0.1) is 6.92 Å². The maximum Gasteiger partial charge on any atom is 0.0528 e. The fourth-order valence-corrected chi connectivity index (χ4v) is 1.08. The molecule has 0 fully saturated rings. The average molecular weight is 180 g/mol. The molecule has 1 rings (SSSR count). The molecule has 3 nitrogen and oxygen atoms in total. The molecular formula is C10H16N2O. The van der Waals surface area contributed by atoms with Gasteiger partial charge >= 0.3 is 0 Å². The maximum atomic E-state index is 9.03. The standard InChI is InChI=1S/C10H16N2O/c1-8-7-10(4-6-11-8)12-5-3-9(2)13/h4,6-7,9,13H,3,5H2,1-2H3,(H,11,12). The predicted octanol–water partition coefficient (Wildman–Crippen LogP) is 1.57. The van der Waals surface area contributed by atoms with Crippen LogP contribution < -0.4 is 5.32 Å². The second-order valence-corrected chi connectivity index (χ2v) is 3.25. The van der Waals surface area contributed by atoms with Crippen molar-refractivity contribution in [2.45, 2.75) is 26.4 Å². The number of aliphatic hydroxyl groups is 1. The minimum Gasteiger partial charge on any atom is -0.393 e. The number of aryl methyl sites for hydroxylation is 1. The molecule has 1 aromatic rings. The van der Waals surface area contributed by atoms with E-state index in [0.29, 0.717) is 0 Å². The molecule has 0 aromatic carbocycles. The van der Waals surface area contributed by atoms with E-state index < -0.39 is 0 Å². The first-order valence-corrected chi connectivity index (χ1v) is 4.53. The number of rotatable bonds is 4. The van der Waals surface area contributed by atoms with Crippen LogP contribution in [-0.4, -0.2) is 22.7 Å². The molecule has 13 heavy (non-hydrogen) atoms. The van der Waals surface area contributed by atoms with Gasteiger partial charge in [-0.25, -0.2) is 0 Å². The fourth-order valence-electron chi connectivity index (χ4n) is 1.08. The smallest absolute Gasteiger partial charge is 0.0528 e. The summed E-state index contributed by atoms with van der Waals surface area (Å²) in [7, 11) is 0. The third-order valence-corrected chi connectivity index (χ3v) is 1.79. The normalized spacial score (nSPS) is 12.5. The maximum absolute atomic E-state index is 9.03. The van der Waals surface area contributed by atoms with Crippen molar-refractivity contribution in [3.05, 3.63) is 24.0 Å². The largest absolute Gasteiger partial charge is 0.393 e. The molecule has 72 valence electrons. The lowest BCUT2D eigenvalue weighted by Crippen LogP contribution is -2.09. The van der Waals surface area contributed by atoms with Crippen LogP contribution in [0.3, 0.4) is 0 Å². The fraction of sp³-hybridized carbons (Fsp3) is 0.500. The number of nitrogens with one attached hydrogen (secondary N) is 1. The van der Waals surface area contributed by atoms with Gasteiger partial charge in [-0.15, -0.1) is 0 Å². The summed E-state index contributed by atoms with van der Waals surface area (Å²) in [6, 6.07) is 3.91. The third-order valence-electron chi connectivity index (χ3n) is 1.79. The number of aliphatic hydroxyl groups excluding tert-OH is 1. The van der Waals surface area contributed by atoms with Crippen molar-refractivity contribution in [2.24, 2.45) is 0 Å². The zero-order valence-corrected chi connectivity index (χ0v) is 8.12. The number of nitrogens with zero attached hydrogens (tertiary/aromatic N) is 1. The highest BCUT2D eigenvalue weighted by Gasteiger charge is 1.95. The molecule has 1 unspecified atom stereocenters. The molecular weight excluding hydrogens is 164 g/mol.